The number of hydrogen-bond acceptors (Lipinski definition) is 5. The molecule has 0 saturated heterocycles. The van der Waals surface area contributed by atoms with Gasteiger partial charge in [-0.2, -0.15) is 0 Å². The number of carbonyl (C=O) groups is 3. The minimum absolute atomic E-state index is 0.00772. The van der Waals surface area contributed by atoms with Crippen LogP contribution in [0.1, 0.15) is 13.8 Å². The van der Waals surface area contributed by atoms with E-state index in [1.807, 2.05) is 0 Å². The van der Waals surface area contributed by atoms with E-state index in [4.69, 9.17) is 11.6 Å². The Morgan fingerprint density at radius 2 is 1.42 bits per heavy atom. The molecule has 68 valence electrons. The zero-order chi connectivity index (χ0) is 9.72. The van der Waals surface area contributed by atoms with Gasteiger partial charge in [0, 0.05) is 19.1 Å². The number of hydroxylamine groups is 2. The molecule has 0 rings (SSSR count). The minimum Gasteiger partial charge on any atom is -0.303 e. The number of halogens is 1. The van der Waals surface area contributed by atoms with E-state index in [2.05, 4.69) is 9.68 Å². The Hall–Kier alpha value is -1.30. The van der Waals surface area contributed by atoms with Gasteiger partial charge in [0.15, 0.2) is 0 Å². The van der Waals surface area contributed by atoms with Crippen LogP contribution >= 0.6 is 11.6 Å². The quantitative estimate of drug-likeness (QED) is 0.322. The minimum atomic E-state index is -1.22. The molecule has 12 heavy (non-hydrogen) atoms. The van der Waals surface area contributed by atoms with Crippen LogP contribution in [-0.2, 0) is 19.3 Å². The van der Waals surface area contributed by atoms with Crippen molar-refractivity contribution in [3.05, 3.63) is 0 Å². The monoisotopic (exact) mass is 195 g/mol. The van der Waals surface area contributed by atoms with Crippen LogP contribution in [0.5, 0.6) is 0 Å². The standard InChI is InChI=1S/C5H6ClNO5/c1-3(8)11-7(5(6)10)12-4(2)9/h1-2H3. The molecule has 0 atom stereocenters. The summed E-state index contributed by atoms with van der Waals surface area (Å²) >= 11 is 4.86. The van der Waals surface area contributed by atoms with E-state index < -0.39 is 17.3 Å². The van der Waals surface area contributed by atoms with Gasteiger partial charge in [-0.25, -0.2) is 14.4 Å². The van der Waals surface area contributed by atoms with E-state index >= 15 is 0 Å². The fourth-order valence-corrected chi connectivity index (χ4v) is 0.393. The molecule has 6 nitrogen and oxygen atoms in total. The molecule has 7 heteroatoms. The van der Waals surface area contributed by atoms with Gasteiger partial charge in [0.2, 0.25) is 0 Å². The molecule has 0 aliphatic carbocycles. The van der Waals surface area contributed by atoms with Gasteiger partial charge in [-0.15, -0.1) is 0 Å². The Labute approximate surface area is 72.9 Å². The lowest BCUT2D eigenvalue weighted by Crippen LogP contribution is -2.30. The molecular formula is C5H6ClNO5. The summed E-state index contributed by atoms with van der Waals surface area (Å²) in [5.41, 5.74) is 0. The van der Waals surface area contributed by atoms with Crippen molar-refractivity contribution in [2.24, 2.45) is 0 Å². The fraction of sp³-hybridized carbons (Fsp3) is 0.400. The van der Waals surface area contributed by atoms with E-state index in [0.29, 0.717) is 0 Å². The maximum atomic E-state index is 10.4. The second kappa shape index (κ2) is 4.55. The molecule has 0 aliphatic rings. The molecule has 0 aromatic carbocycles. The van der Waals surface area contributed by atoms with E-state index in [-0.39, 0.29) is 5.23 Å². The van der Waals surface area contributed by atoms with Crippen LogP contribution < -0.4 is 0 Å². The summed E-state index contributed by atoms with van der Waals surface area (Å²) in [6.07, 6.45) is 0. The molecule has 0 fully saturated rings. The van der Waals surface area contributed by atoms with Gasteiger partial charge in [-0.05, 0) is 11.6 Å². The molecule has 1 amide bonds. The zero-order valence-electron chi connectivity index (χ0n) is 6.37. The van der Waals surface area contributed by atoms with Crippen LogP contribution in [0.25, 0.3) is 0 Å². The summed E-state index contributed by atoms with van der Waals surface area (Å²) in [4.78, 5) is 39.1. The normalized spacial score (nSPS) is 8.58. The Morgan fingerprint density at radius 1 is 1.08 bits per heavy atom. The molecule has 0 unspecified atom stereocenters. The lowest BCUT2D eigenvalue weighted by Gasteiger charge is -2.13. The van der Waals surface area contributed by atoms with Gasteiger partial charge >= 0.3 is 17.3 Å². The zero-order valence-corrected chi connectivity index (χ0v) is 7.12. The average molecular weight is 196 g/mol. The van der Waals surface area contributed by atoms with Crippen molar-refractivity contribution in [1.29, 1.82) is 0 Å². The molecular weight excluding hydrogens is 190 g/mol. The van der Waals surface area contributed by atoms with Crippen molar-refractivity contribution in [1.82, 2.24) is 5.23 Å². The second-order valence-electron chi connectivity index (χ2n) is 1.68. The summed E-state index contributed by atoms with van der Waals surface area (Å²) < 4.78 is 0. The van der Waals surface area contributed by atoms with Crippen molar-refractivity contribution in [2.75, 3.05) is 0 Å². The van der Waals surface area contributed by atoms with Gasteiger partial charge in [0.25, 0.3) is 0 Å². The van der Waals surface area contributed by atoms with E-state index in [0.717, 1.165) is 13.8 Å². The molecule has 0 spiro atoms. The molecule has 0 N–H and O–H groups in total. The molecule has 0 bridgehead atoms. The Morgan fingerprint density at radius 3 is 1.58 bits per heavy atom. The molecule has 0 saturated carbocycles. The maximum absolute atomic E-state index is 10.4. The van der Waals surface area contributed by atoms with Crippen LogP contribution in [0.3, 0.4) is 0 Å². The number of nitrogens with zero attached hydrogens (tertiary/aromatic N) is 1. The lowest BCUT2D eigenvalue weighted by atomic mass is 10.8. The highest BCUT2D eigenvalue weighted by molar-refractivity contribution is 6.62. The van der Waals surface area contributed by atoms with E-state index in [1.54, 1.807) is 0 Å². The van der Waals surface area contributed by atoms with Crippen molar-refractivity contribution < 1.29 is 24.1 Å². The third kappa shape index (κ3) is 4.51. The molecule has 0 heterocycles. The van der Waals surface area contributed by atoms with Crippen LogP contribution in [0.4, 0.5) is 4.79 Å². The largest absolute Gasteiger partial charge is 0.388 e. The van der Waals surface area contributed by atoms with Crippen LogP contribution in [-0.4, -0.2) is 22.5 Å². The molecule has 0 aliphatic heterocycles. The van der Waals surface area contributed by atoms with E-state index in [9.17, 15) is 14.4 Å². The highest BCUT2D eigenvalue weighted by Crippen LogP contribution is 1.99. The third-order valence-electron chi connectivity index (χ3n) is 0.566. The summed E-state index contributed by atoms with van der Waals surface area (Å²) in [5, 5.41) is -1.23. The molecule has 0 aromatic rings. The summed E-state index contributed by atoms with van der Waals surface area (Å²) in [6, 6.07) is 0. The van der Waals surface area contributed by atoms with Crippen molar-refractivity contribution in [3.63, 3.8) is 0 Å². The van der Waals surface area contributed by atoms with Crippen molar-refractivity contribution in [2.45, 2.75) is 13.8 Å². The SMILES string of the molecule is CC(=O)ON(OC(C)=O)C(=O)Cl. The Kier molecular flexibility index (Phi) is 4.06. The number of carbonyl (C=O) groups excluding carboxylic acids is 3. The predicted molar refractivity (Wildman–Crippen MR) is 36.6 cm³/mol. The average Bonchev–Trinajstić information content (AvgIpc) is 1.83. The third-order valence-corrected chi connectivity index (χ3v) is 0.704. The second-order valence-corrected chi connectivity index (χ2v) is 2.00. The van der Waals surface area contributed by atoms with Gasteiger partial charge in [-0.3, -0.25) is 0 Å². The Balaban J connectivity index is 4.14. The lowest BCUT2D eigenvalue weighted by molar-refractivity contribution is -0.283. The van der Waals surface area contributed by atoms with Gasteiger partial charge in [0.05, 0.1) is 0 Å². The summed E-state index contributed by atoms with van der Waals surface area (Å²) in [7, 11) is 0. The van der Waals surface area contributed by atoms with E-state index in [1.165, 1.54) is 0 Å². The molecule has 0 aromatic heterocycles. The molecule has 0 radical (unpaired) electrons. The highest BCUT2D eigenvalue weighted by Gasteiger charge is 2.17. The predicted octanol–water partition coefficient (Wildman–Crippen LogP) is 0.603. The van der Waals surface area contributed by atoms with Crippen LogP contribution in [0.15, 0.2) is 0 Å². The first-order chi connectivity index (χ1) is 5.43. The van der Waals surface area contributed by atoms with Gasteiger partial charge in [0.1, 0.15) is 0 Å². The number of hydrogen-bond donors (Lipinski definition) is 0. The topological polar surface area (TPSA) is 72.9 Å². The number of amides is 1. The first-order valence-corrected chi connectivity index (χ1v) is 3.18. The van der Waals surface area contributed by atoms with Crippen LogP contribution in [0, 0.1) is 0 Å². The maximum Gasteiger partial charge on any atom is 0.388 e. The smallest absolute Gasteiger partial charge is 0.303 e. The van der Waals surface area contributed by atoms with Gasteiger partial charge < -0.3 is 9.68 Å². The number of rotatable bonds is 0. The first kappa shape index (κ1) is 10.7. The fourth-order valence-electron chi connectivity index (χ4n) is 0.324. The van der Waals surface area contributed by atoms with Crippen molar-refractivity contribution in [3.8, 4) is 0 Å². The van der Waals surface area contributed by atoms with Crippen molar-refractivity contribution >= 4 is 28.9 Å². The summed E-state index contributed by atoms with van der Waals surface area (Å²) in [5.74, 6) is -1.66. The van der Waals surface area contributed by atoms with Crippen LogP contribution in [0.2, 0.25) is 0 Å². The highest BCUT2D eigenvalue weighted by atomic mass is 35.5. The van der Waals surface area contributed by atoms with Gasteiger partial charge in [-0.1, -0.05) is 0 Å². The first-order valence-electron chi connectivity index (χ1n) is 2.80. The summed E-state index contributed by atoms with van der Waals surface area (Å²) in [6.45, 7) is 2.05. The Bertz CT molecular complexity index is 200.